The maximum absolute atomic E-state index is 11.4. The molecule has 0 saturated carbocycles. The lowest BCUT2D eigenvalue weighted by Crippen LogP contribution is -2.49. The molecule has 14 nitrogen and oxygen atoms in total. The van der Waals surface area contributed by atoms with Gasteiger partial charge in [-0.2, -0.15) is 0 Å². The van der Waals surface area contributed by atoms with Crippen molar-refractivity contribution in [1.29, 1.82) is 0 Å². The third kappa shape index (κ3) is 13.9. The number of nitrogens with zero attached hydrogens (tertiary/aromatic N) is 4. The monoisotopic (exact) mass is 554 g/mol. The Morgan fingerprint density at radius 1 is 0.641 bits per heavy atom. The lowest BCUT2D eigenvalue weighted by atomic mass is 10.1. The van der Waals surface area contributed by atoms with Gasteiger partial charge in [0.25, 0.3) is 0 Å². The Bertz CT molecular complexity index is 913. The number of aliphatic hydroxyl groups is 1. The summed E-state index contributed by atoms with van der Waals surface area (Å²) in [5, 5.41) is 47.4. The van der Waals surface area contributed by atoms with E-state index in [1.165, 1.54) is 0 Å². The SMILES string of the molecule is O=C(O)Cc1ccc(OCC(O)CN2CCN(CC(=O)O)CCN(CC(=O)O)CCN(CC(=O)O)CC2)cc1. The molecule has 1 heterocycles. The van der Waals surface area contributed by atoms with Gasteiger partial charge in [-0.1, -0.05) is 12.1 Å². The molecule has 0 amide bonds. The van der Waals surface area contributed by atoms with E-state index < -0.39 is 30.0 Å². The van der Waals surface area contributed by atoms with Crippen molar-refractivity contribution in [2.45, 2.75) is 12.5 Å². The topological polar surface area (TPSA) is 192 Å². The number of carbonyl (C=O) groups is 4. The number of aliphatic hydroxyl groups excluding tert-OH is 1. The highest BCUT2D eigenvalue weighted by atomic mass is 16.5. The highest BCUT2D eigenvalue weighted by Gasteiger charge is 2.21. The average Bonchev–Trinajstić information content (AvgIpc) is 2.84. The van der Waals surface area contributed by atoms with Gasteiger partial charge in [-0.15, -0.1) is 0 Å². The van der Waals surface area contributed by atoms with Gasteiger partial charge in [-0.05, 0) is 17.7 Å². The van der Waals surface area contributed by atoms with E-state index in [9.17, 15) is 39.6 Å². The molecule has 5 N–H and O–H groups in total. The molecule has 1 aromatic rings. The van der Waals surface area contributed by atoms with E-state index in [2.05, 4.69) is 0 Å². The van der Waals surface area contributed by atoms with Gasteiger partial charge in [-0.3, -0.25) is 38.8 Å². The number of carboxylic acids is 4. The summed E-state index contributed by atoms with van der Waals surface area (Å²) >= 11 is 0. The molecule has 1 atom stereocenters. The maximum Gasteiger partial charge on any atom is 0.317 e. The quantitative estimate of drug-likeness (QED) is 0.190. The van der Waals surface area contributed by atoms with Crippen LogP contribution in [0.4, 0.5) is 0 Å². The van der Waals surface area contributed by atoms with E-state index in [1.54, 1.807) is 39.0 Å². The smallest absolute Gasteiger partial charge is 0.317 e. The molecule has 1 aromatic carbocycles. The van der Waals surface area contributed by atoms with Crippen LogP contribution in [0.25, 0.3) is 0 Å². The number of aliphatic carboxylic acids is 4. The summed E-state index contributed by atoms with van der Waals surface area (Å²) < 4.78 is 5.64. The van der Waals surface area contributed by atoms with Crippen LogP contribution in [0.1, 0.15) is 5.56 Å². The number of carboxylic acid groups (broad SMARTS) is 4. The van der Waals surface area contributed by atoms with Crippen LogP contribution in [0, 0.1) is 0 Å². The highest BCUT2D eigenvalue weighted by Crippen LogP contribution is 2.13. The van der Waals surface area contributed by atoms with Crippen molar-refractivity contribution in [3.8, 4) is 5.75 Å². The maximum atomic E-state index is 11.4. The van der Waals surface area contributed by atoms with Crippen molar-refractivity contribution >= 4 is 23.9 Å². The molecule has 1 aliphatic rings. The Morgan fingerprint density at radius 3 is 1.38 bits per heavy atom. The minimum Gasteiger partial charge on any atom is -0.491 e. The molecule has 1 saturated heterocycles. The van der Waals surface area contributed by atoms with Crippen LogP contribution in [-0.4, -0.2) is 160 Å². The Morgan fingerprint density at radius 2 is 1.03 bits per heavy atom. The lowest BCUT2D eigenvalue weighted by molar-refractivity contribution is -0.140. The summed E-state index contributed by atoms with van der Waals surface area (Å²) in [7, 11) is 0. The lowest BCUT2D eigenvalue weighted by Gasteiger charge is -2.33. The molecule has 2 rings (SSSR count). The van der Waals surface area contributed by atoms with Crippen molar-refractivity contribution in [2.75, 3.05) is 85.1 Å². The first-order valence-corrected chi connectivity index (χ1v) is 12.7. The first kappa shape index (κ1) is 31.9. The minimum atomic E-state index is -1.02. The van der Waals surface area contributed by atoms with E-state index in [0.717, 1.165) is 0 Å². The second-order valence-electron chi connectivity index (χ2n) is 9.49. The molecular formula is C25H38N4O10. The molecule has 1 aliphatic heterocycles. The molecule has 14 heteroatoms. The number of hydrogen-bond donors (Lipinski definition) is 5. The van der Waals surface area contributed by atoms with Gasteiger partial charge in [0.1, 0.15) is 18.5 Å². The van der Waals surface area contributed by atoms with Crippen LogP contribution in [0.2, 0.25) is 0 Å². The number of benzene rings is 1. The number of rotatable bonds is 13. The summed E-state index contributed by atoms with van der Waals surface area (Å²) in [5.74, 6) is -3.49. The fraction of sp³-hybridized carbons (Fsp3) is 0.600. The number of ether oxygens (including phenoxy) is 1. The summed E-state index contributed by atoms with van der Waals surface area (Å²) in [5.41, 5.74) is 0.623. The van der Waals surface area contributed by atoms with Crippen molar-refractivity contribution in [3.05, 3.63) is 29.8 Å². The molecule has 0 aliphatic carbocycles. The van der Waals surface area contributed by atoms with Gasteiger partial charge in [-0.25, -0.2) is 0 Å². The van der Waals surface area contributed by atoms with Crippen molar-refractivity contribution in [2.24, 2.45) is 0 Å². The molecule has 0 radical (unpaired) electrons. The molecular weight excluding hydrogens is 516 g/mol. The summed E-state index contributed by atoms with van der Waals surface area (Å²) in [6.07, 6.45) is -1.00. The third-order valence-corrected chi connectivity index (χ3v) is 6.20. The van der Waals surface area contributed by atoms with Gasteiger partial charge >= 0.3 is 23.9 Å². The molecule has 0 bridgehead atoms. The van der Waals surface area contributed by atoms with Crippen LogP contribution in [-0.2, 0) is 25.6 Å². The van der Waals surface area contributed by atoms with Crippen molar-refractivity contribution in [1.82, 2.24) is 19.6 Å². The number of β-amino-alcohol motifs (C(OH)–C–C–N with tert-alkyl or cyclic N) is 1. The second-order valence-corrected chi connectivity index (χ2v) is 9.49. The second kappa shape index (κ2) is 16.6. The normalized spacial score (nSPS) is 18.0. The largest absolute Gasteiger partial charge is 0.491 e. The van der Waals surface area contributed by atoms with Gasteiger partial charge in [0.2, 0.25) is 0 Å². The summed E-state index contributed by atoms with van der Waals surface area (Å²) in [4.78, 5) is 51.9. The Hall–Kier alpha value is -3.30. The first-order chi connectivity index (χ1) is 18.5. The van der Waals surface area contributed by atoms with E-state index in [4.69, 9.17) is 9.84 Å². The zero-order chi connectivity index (χ0) is 28.8. The Kier molecular flexibility index (Phi) is 13.6. The van der Waals surface area contributed by atoms with E-state index in [0.29, 0.717) is 63.7 Å². The molecule has 1 unspecified atom stereocenters. The highest BCUT2D eigenvalue weighted by molar-refractivity contribution is 5.70. The van der Waals surface area contributed by atoms with Gasteiger partial charge in [0, 0.05) is 58.9 Å². The van der Waals surface area contributed by atoms with E-state index in [-0.39, 0.29) is 39.2 Å². The predicted octanol–water partition coefficient (Wildman–Crippen LogP) is -1.47. The zero-order valence-corrected chi connectivity index (χ0v) is 21.9. The third-order valence-electron chi connectivity index (χ3n) is 6.20. The van der Waals surface area contributed by atoms with Crippen molar-refractivity contribution in [3.63, 3.8) is 0 Å². The van der Waals surface area contributed by atoms with Gasteiger partial charge < -0.3 is 30.3 Å². The molecule has 0 aromatic heterocycles. The van der Waals surface area contributed by atoms with Crippen LogP contribution < -0.4 is 4.74 Å². The van der Waals surface area contributed by atoms with Gasteiger partial charge in [0.05, 0.1) is 26.1 Å². The van der Waals surface area contributed by atoms with Crippen molar-refractivity contribution < 1.29 is 49.4 Å². The minimum absolute atomic E-state index is 0.0311. The predicted molar refractivity (Wildman–Crippen MR) is 138 cm³/mol. The average molecular weight is 555 g/mol. The van der Waals surface area contributed by atoms with Gasteiger partial charge in [0.15, 0.2) is 0 Å². The zero-order valence-electron chi connectivity index (χ0n) is 21.9. The van der Waals surface area contributed by atoms with Crippen LogP contribution in [0.5, 0.6) is 5.75 Å². The van der Waals surface area contributed by atoms with Crippen LogP contribution in [0.3, 0.4) is 0 Å². The fourth-order valence-corrected chi connectivity index (χ4v) is 4.23. The molecule has 39 heavy (non-hydrogen) atoms. The van der Waals surface area contributed by atoms with E-state index in [1.807, 2.05) is 4.90 Å². The first-order valence-electron chi connectivity index (χ1n) is 12.7. The molecule has 218 valence electrons. The molecule has 0 spiro atoms. The fourth-order valence-electron chi connectivity index (χ4n) is 4.23. The number of hydrogen-bond acceptors (Lipinski definition) is 10. The van der Waals surface area contributed by atoms with Crippen LogP contribution in [0.15, 0.2) is 24.3 Å². The Labute approximate surface area is 226 Å². The summed E-state index contributed by atoms with van der Waals surface area (Å²) in [6.45, 7) is 2.24. The standard InChI is InChI=1S/C25H38N4O10/c30-20(18-39-21-3-1-19(2-4-21)13-22(31)32)14-26-5-7-27(15-23(33)34)9-11-29(17-25(37)38)12-10-28(8-6-26)16-24(35)36/h1-4,20,30H,5-18H2,(H,31,32)(H,33,34)(H,35,36)(H,37,38). The Balaban J connectivity index is 2.03. The van der Waals surface area contributed by atoms with Crippen LogP contribution >= 0.6 is 0 Å². The summed E-state index contributed by atoms with van der Waals surface area (Å²) in [6, 6.07) is 6.53. The van der Waals surface area contributed by atoms with E-state index >= 15 is 0 Å². The molecule has 1 fully saturated rings.